The van der Waals surface area contributed by atoms with E-state index in [0.29, 0.717) is 19.0 Å². The highest BCUT2D eigenvalue weighted by Crippen LogP contribution is 2.35. The molecule has 0 saturated carbocycles. The first-order valence-electron chi connectivity index (χ1n) is 10.9. The third-order valence-electron chi connectivity index (χ3n) is 6.29. The average Bonchev–Trinajstić information content (AvgIpc) is 3.12. The topological polar surface area (TPSA) is 90.5 Å². The van der Waals surface area contributed by atoms with Crippen LogP contribution in [-0.2, 0) is 10.0 Å². The molecule has 0 aliphatic carbocycles. The van der Waals surface area contributed by atoms with Crippen molar-refractivity contribution >= 4 is 16.0 Å². The molecule has 4 rings (SSSR count). The van der Waals surface area contributed by atoms with Gasteiger partial charge in [-0.25, -0.2) is 22.7 Å². The first-order chi connectivity index (χ1) is 14.8. The molecule has 2 saturated heterocycles. The van der Waals surface area contributed by atoms with Crippen molar-refractivity contribution in [1.29, 1.82) is 0 Å². The molecule has 0 spiro atoms. The number of hydrazine groups is 1. The zero-order valence-corrected chi connectivity index (χ0v) is 19.4. The smallest absolute Gasteiger partial charge is 0.225 e. The number of anilines is 1. The number of hydrogen-bond acceptors (Lipinski definition) is 7. The molecule has 31 heavy (non-hydrogen) atoms. The summed E-state index contributed by atoms with van der Waals surface area (Å²) in [5.74, 6) is 0.662. The standard InChI is InChI=1S/C22H32N6O2S/c1-15-21(16(2)26-25-15)31(29,30)28-12-8-11-18(14-28)20-19(17-9-6-5-7-10-17)13-23-22(24-20)27(3)4/h5-7,9-10,13,15-16,18,21,25-26H,8,11-12,14H2,1-4H3. The molecule has 3 atom stereocenters. The molecule has 168 valence electrons. The Balaban J connectivity index is 1.69. The van der Waals surface area contributed by atoms with Crippen LogP contribution in [0.25, 0.3) is 11.1 Å². The lowest BCUT2D eigenvalue weighted by Crippen LogP contribution is -2.49. The van der Waals surface area contributed by atoms with E-state index in [4.69, 9.17) is 4.98 Å². The van der Waals surface area contributed by atoms with Crippen molar-refractivity contribution in [1.82, 2.24) is 25.1 Å². The summed E-state index contributed by atoms with van der Waals surface area (Å²) in [6, 6.07) is 9.81. The summed E-state index contributed by atoms with van der Waals surface area (Å²) in [7, 11) is 0.386. The molecular formula is C22H32N6O2S. The summed E-state index contributed by atoms with van der Waals surface area (Å²) in [4.78, 5) is 11.3. The van der Waals surface area contributed by atoms with E-state index in [-0.39, 0.29) is 18.0 Å². The first kappa shape index (κ1) is 22.1. The molecule has 3 unspecified atom stereocenters. The highest BCUT2D eigenvalue weighted by Gasteiger charge is 2.44. The monoisotopic (exact) mass is 444 g/mol. The van der Waals surface area contributed by atoms with Crippen LogP contribution in [0, 0.1) is 0 Å². The number of hydrogen-bond donors (Lipinski definition) is 2. The minimum atomic E-state index is -3.45. The van der Waals surface area contributed by atoms with E-state index in [0.717, 1.165) is 29.7 Å². The van der Waals surface area contributed by atoms with Gasteiger partial charge < -0.3 is 4.90 Å². The summed E-state index contributed by atoms with van der Waals surface area (Å²) in [5, 5.41) is -0.484. The van der Waals surface area contributed by atoms with Crippen LogP contribution in [0.15, 0.2) is 36.5 Å². The van der Waals surface area contributed by atoms with Crippen LogP contribution in [0.5, 0.6) is 0 Å². The lowest BCUT2D eigenvalue weighted by atomic mass is 9.91. The maximum atomic E-state index is 13.5. The van der Waals surface area contributed by atoms with Gasteiger partial charge in [0.05, 0.1) is 5.69 Å². The molecule has 3 heterocycles. The second kappa shape index (κ2) is 8.82. The molecule has 9 heteroatoms. The van der Waals surface area contributed by atoms with Crippen LogP contribution in [0.1, 0.15) is 38.3 Å². The minimum Gasteiger partial charge on any atom is -0.347 e. The highest BCUT2D eigenvalue weighted by molar-refractivity contribution is 7.89. The van der Waals surface area contributed by atoms with Crippen molar-refractivity contribution in [2.24, 2.45) is 0 Å². The number of nitrogens with zero attached hydrogens (tertiary/aromatic N) is 4. The molecule has 0 bridgehead atoms. The third-order valence-corrected chi connectivity index (χ3v) is 8.85. The largest absolute Gasteiger partial charge is 0.347 e. The predicted molar refractivity (Wildman–Crippen MR) is 123 cm³/mol. The number of nitrogens with one attached hydrogen (secondary N) is 2. The lowest BCUT2D eigenvalue weighted by Gasteiger charge is -2.35. The van der Waals surface area contributed by atoms with E-state index in [9.17, 15) is 8.42 Å². The van der Waals surface area contributed by atoms with Crippen LogP contribution in [0.3, 0.4) is 0 Å². The van der Waals surface area contributed by atoms with Crippen molar-refractivity contribution in [2.45, 2.75) is 49.9 Å². The Morgan fingerprint density at radius 3 is 2.42 bits per heavy atom. The SMILES string of the molecule is CC1NNC(C)C1S(=O)(=O)N1CCCC(c2nc(N(C)C)ncc2-c2ccccc2)C1. The fourth-order valence-electron chi connectivity index (χ4n) is 4.70. The maximum absolute atomic E-state index is 13.5. The van der Waals surface area contributed by atoms with Gasteiger partial charge >= 0.3 is 0 Å². The summed E-state index contributed by atoms with van der Waals surface area (Å²) in [6.07, 6.45) is 3.59. The molecule has 2 aliphatic heterocycles. The maximum Gasteiger partial charge on any atom is 0.225 e. The van der Waals surface area contributed by atoms with E-state index in [1.165, 1.54) is 0 Å². The van der Waals surface area contributed by atoms with Crippen LogP contribution >= 0.6 is 0 Å². The quantitative estimate of drug-likeness (QED) is 0.729. The van der Waals surface area contributed by atoms with Gasteiger partial charge in [0.15, 0.2) is 0 Å². The van der Waals surface area contributed by atoms with Crippen molar-refractivity contribution in [3.8, 4) is 11.1 Å². The van der Waals surface area contributed by atoms with Crippen LogP contribution in [-0.4, -0.2) is 67.2 Å². The number of rotatable bonds is 5. The number of benzene rings is 1. The number of sulfonamides is 1. The molecule has 0 radical (unpaired) electrons. The van der Waals surface area contributed by atoms with Gasteiger partial charge in [-0.3, -0.25) is 10.9 Å². The zero-order chi connectivity index (χ0) is 22.2. The Morgan fingerprint density at radius 1 is 1.10 bits per heavy atom. The van der Waals surface area contributed by atoms with Crippen LogP contribution < -0.4 is 15.8 Å². The summed E-state index contributed by atoms with van der Waals surface area (Å²) in [5.41, 5.74) is 9.10. The zero-order valence-electron chi connectivity index (χ0n) is 18.6. The van der Waals surface area contributed by atoms with E-state index in [2.05, 4.69) is 15.8 Å². The number of piperidine rings is 1. The Morgan fingerprint density at radius 2 is 1.77 bits per heavy atom. The van der Waals surface area contributed by atoms with Gasteiger partial charge in [0.1, 0.15) is 5.25 Å². The average molecular weight is 445 g/mol. The molecule has 1 aromatic heterocycles. The van der Waals surface area contributed by atoms with E-state index < -0.39 is 15.3 Å². The fourth-order valence-corrected chi connectivity index (χ4v) is 6.98. The molecule has 2 aliphatic rings. The lowest BCUT2D eigenvalue weighted by molar-refractivity contribution is 0.307. The van der Waals surface area contributed by atoms with Gasteiger partial charge in [0.2, 0.25) is 16.0 Å². The molecule has 2 fully saturated rings. The van der Waals surface area contributed by atoms with Crippen molar-refractivity contribution < 1.29 is 8.42 Å². The Hall–Kier alpha value is -2.07. The molecule has 8 nitrogen and oxygen atoms in total. The Kier molecular flexibility index (Phi) is 6.30. The third kappa shape index (κ3) is 4.32. The van der Waals surface area contributed by atoms with Crippen LogP contribution in [0.4, 0.5) is 5.95 Å². The molecule has 2 N–H and O–H groups in total. The fraction of sp³-hybridized carbons (Fsp3) is 0.545. The van der Waals surface area contributed by atoms with Gasteiger partial charge in [-0.05, 0) is 32.3 Å². The predicted octanol–water partition coefficient (Wildman–Crippen LogP) is 1.97. The summed E-state index contributed by atoms with van der Waals surface area (Å²) < 4.78 is 28.7. The molecule has 0 amide bonds. The first-order valence-corrected chi connectivity index (χ1v) is 12.4. The van der Waals surface area contributed by atoms with Crippen LogP contribution in [0.2, 0.25) is 0 Å². The van der Waals surface area contributed by atoms with Gasteiger partial charge in [0, 0.05) is 56.9 Å². The molecular weight excluding hydrogens is 412 g/mol. The Bertz CT molecular complexity index is 1000. The molecule has 1 aromatic carbocycles. The summed E-state index contributed by atoms with van der Waals surface area (Å²) in [6.45, 7) is 4.84. The second-order valence-corrected chi connectivity index (χ2v) is 10.9. The molecule has 2 aromatic rings. The second-order valence-electron chi connectivity index (χ2n) is 8.80. The normalized spacial score (nSPS) is 27.4. The van der Waals surface area contributed by atoms with E-state index in [1.807, 2.05) is 69.4 Å². The summed E-state index contributed by atoms with van der Waals surface area (Å²) >= 11 is 0. The van der Waals surface area contributed by atoms with Crippen molar-refractivity contribution in [3.05, 3.63) is 42.2 Å². The van der Waals surface area contributed by atoms with Crippen molar-refractivity contribution in [2.75, 3.05) is 32.1 Å². The minimum absolute atomic E-state index is 0.0216. The van der Waals surface area contributed by atoms with Gasteiger partial charge in [0.25, 0.3) is 0 Å². The van der Waals surface area contributed by atoms with Gasteiger partial charge in [-0.15, -0.1) is 0 Å². The van der Waals surface area contributed by atoms with Gasteiger partial charge in [-0.1, -0.05) is 30.3 Å². The van der Waals surface area contributed by atoms with Gasteiger partial charge in [-0.2, -0.15) is 0 Å². The number of aromatic nitrogens is 2. The van der Waals surface area contributed by atoms with E-state index >= 15 is 0 Å². The van der Waals surface area contributed by atoms with E-state index in [1.54, 1.807) is 4.31 Å². The van der Waals surface area contributed by atoms with Crippen molar-refractivity contribution in [3.63, 3.8) is 0 Å². The highest BCUT2D eigenvalue weighted by atomic mass is 32.2. The Labute approximate surface area is 185 Å².